The summed E-state index contributed by atoms with van der Waals surface area (Å²) in [6.45, 7) is 11.2. The molecule has 7 heteroatoms. The molecule has 0 radical (unpaired) electrons. The van der Waals surface area contributed by atoms with Crippen LogP contribution in [0.25, 0.3) is 0 Å². The highest BCUT2D eigenvalue weighted by Gasteiger charge is 2.16. The van der Waals surface area contributed by atoms with E-state index >= 15 is 0 Å². The van der Waals surface area contributed by atoms with Gasteiger partial charge in [-0.05, 0) is 68.1 Å². The summed E-state index contributed by atoms with van der Waals surface area (Å²) in [6, 6.07) is 14.2. The highest BCUT2D eigenvalue weighted by Crippen LogP contribution is 2.15. The number of rotatable bonds is 14. The molecule has 2 aromatic rings. The fourth-order valence-electron chi connectivity index (χ4n) is 3.92. The van der Waals surface area contributed by atoms with Gasteiger partial charge in [-0.15, -0.1) is 0 Å². The highest BCUT2D eigenvalue weighted by atomic mass is 16.2. The molecule has 2 rings (SSSR count). The summed E-state index contributed by atoms with van der Waals surface area (Å²) in [6.07, 6.45) is 3.65. The van der Waals surface area contributed by atoms with Gasteiger partial charge < -0.3 is 20.4 Å². The maximum atomic E-state index is 12.8. The molecular weight excluding hydrogens is 440 g/mol. The Kier molecular flexibility index (Phi) is 11.8. The van der Waals surface area contributed by atoms with E-state index in [1.54, 1.807) is 36.4 Å². The van der Waals surface area contributed by atoms with Crippen molar-refractivity contribution in [3.8, 4) is 0 Å². The molecule has 0 saturated heterocycles. The summed E-state index contributed by atoms with van der Waals surface area (Å²) in [4.78, 5) is 41.8. The molecule has 0 aliphatic heterocycles. The van der Waals surface area contributed by atoms with Crippen molar-refractivity contribution in [1.29, 1.82) is 0 Å². The maximum absolute atomic E-state index is 12.8. The van der Waals surface area contributed by atoms with E-state index in [0.717, 1.165) is 44.5 Å². The van der Waals surface area contributed by atoms with E-state index in [-0.39, 0.29) is 24.3 Å². The van der Waals surface area contributed by atoms with Crippen molar-refractivity contribution < 1.29 is 14.4 Å². The molecule has 7 nitrogen and oxygen atoms in total. The van der Waals surface area contributed by atoms with Gasteiger partial charge in [0.1, 0.15) is 0 Å². The van der Waals surface area contributed by atoms with Crippen molar-refractivity contribution in [2.45, 2.75) is 53.4 Å². The normalized spacial score (nSPS) is 10.5. The van der Waals surface area contributed by atoms with Gasteiger partial charge in [0.25, 0.3) is 11.8 Å². The maximum Gasteiger partial charge on any atom is 0.253 e. The van der Waals surface area contributed by atoms with Gasteiger partial charge >= 0.3 is 0 Å². The average molecular weight is 481 g/mol. The van der Waals surface area contributed by atoms with E-state index < -0.39 is 0 Å². The van der Waals surface area contributed by atoms with Gasteiger partial charge in [0.2, 0.25) is 5.91 Å². The Morgan fingerprint density at radius 3 is 1.69 bits per heavy atom. The summed E-state index contributed by atoms with van der Waals surface area (Å²) in [5.41, 5.74) is 2.55. The summed E-state index contributed by atoms with van der Waals surface area (Å²) in [5, 5.41) is 5.94. The van der Waals surface area contributed by atoms with Crippen LogP contribution < -0.4 is 10.6 Å². The number of amides is 3. The van der Waals surface area contributed by atoms with E-state index in [4.69, 9.17) is 0 Å². The van der Waals surface area contributed by atoms with Crippen LogP contribution in [-0.2, 0) is 4.79 Å². The van der Waals surface area contributed by atoms with Crippen molar-refractivity contribution in [2.24, 2.45) is 0 Å². The van der Waals surface area contributed by atoms with Crippen molar-refractivity contribution >= 4 is 29.1 Å². The first-order valence-corrected chi connectivity index (χ1v) is 12.8. The van der Waals surface area contributed by atoms with Crippen LogP contribution in [0, 0.1) is 0 Å². The van der Waals surface area contributed by atoms with Crippen LogP contribution in [0.2, 0.25) is 0 Å². The molecule has 0 aromatic heterocycles. The number of hydrogen-bond donors (Lipinski definition) is 2. The first kappa shape index (κ1) is 27.9. The first-order valence-electron chi connectivity index (χ1n) is 12.8. The van der Waals surface area contributed by atoms with Gasteiger partial charge in [-0.3, -0.25) is 14.4 Å². The molecule has 2 N–H and O–H groups in total. The molecular formula is C28H40N4O3. The number of benzene rings is 2. The average Bonchev–Trinajstić information content (AvgIpc) is 2.87. The van der Waals surface area contributed by atoms with Crippen LogP contribution in [0.15, 0.2) is 48.5 Å². The van der Waals surface area contributed by atoms with E-state index in [1.807, 2.05) is 21.9 Å². The van der Waals surface area contributed by atoms with Crippen LogP contribution in [0.3, 0.4) is 0 Å². The number of anilines is 2. The summed E-state index contributed by atoms with van der Waals surface area (Å²) in [5.74, 6) is -0.205. The van der Waals surface area contributed by atoms with Crippen LogP contribution in [0.5, 0.6) is 0 Å². The lowest BCUT2D eigenvalue weighted by molar-refractivity contribution is -0.114. The number of hydrogen-bond acceptors (Lipinski definition) is 4. The van der Waals surface area contributed by atoms with Gasteiger partial charge in [-0.2, -0.15) is 0 Å². The van der Waals surface area contributed by atoms with Crippen molar-refractivity contribution in [3.63, 3.8) is 0 Å². The van der Waals surface area contributed by atoms with Gasteiger partial charge in [-0.1, -0.05) is 33.8 Å². The van der Waals surface area contributed by atoms with Crippen LogP contribution in [0.1, 0.15) is 74.1 Å². The largest absolute Gasteiger partial charge is 0.376 e. The molecule has 0 bridgehead atoms. The third-order valence-corrected chi connectivity index (χ3v) is 5.53. The molecule has 0 aliphatic carbocycles. The van der Waals surface area contributed by atoms with Crippen LogP contribution in [-0.4, -0.2) is 60.2 Å². The van der Waals surface area contributed by atoms with E-state index in [0.29, 0.717) is 29.9 Å². The molecule has 0 atom stereocenters. The Bertz CT molecular complexity index is 947. The number of nitrogens with zero attached hydrogens (tertiary/aromatic N) is 2. The van der Waals surface area contributed by atoms with Gasteiger partial charge in [0.05, 0.1) is 6.54 Å². The lowest BCUT2D eigenvalue weighted by Gasteiger charge is -2.22. The molecule has 0 fully saturated rings. The fourth-order valence-corrected chi connectivity index (χ4v) is 3.92. The Morgan fingerprint density at radius 1 is 0.657 bits per heavy atom. The van der Waals surface area contributed by atoms with Crippen molar-refractivity contribution in [1.82, 2.24) is 9.80 Å². The predicted octanol–water partition coefficient (Wildman–Crippen LogP) is 5.26. The fraction of sp³-hybridized carbons (Fsp3) is 0.464. The standard InChI is InChI=1S/C28H40N4O3/c1-5-16-31(17-6-2)27(34)22-12-14-24(15-13-22)29-21-26(33)30-25-11-9-10-23(20-25)28(35)32(18-7-3)19-8-4/h9-15,20,29H,5-8,16-19,21H2,1-4H3,(H,30,33). The minimum absolute atomic E-state index is 0.0194. The van der Waals surface area contributed by atoms with E-state index in [2.05, 4.69) is 38.3 Å². The molecule has 3 amide bonds. The zero-order valence-corrected chi connectivity index (χ0v) is 21.6. The second kappa shape index (κ2) is 14.8. The van der Waals surface area contributed by atoms with Gasteiger partial charge in [-0.25, -0.2) is 0 Å². The topological polar surface area (TPSA) is 81.8 Å². The number of carbonyl (C=O) groups is 3. The predicted molar refractivity (Wildman–Crippen MR) is 143 cm³/mol. The Hall–Kier alpha value is -3.35. The van der Waals surface area contributed by atoms with E-state index in [1.165, 1.54) is 0 Å². The summed E-state index contributed by atoms with van der Waals surface area (Å²) < 4.78 is 0. The minimum Gasteiger partial charge on any atom is -0.376 e. The molecule has 0 aliphatic rings. The zero-order valence-electron chi connectivity index (χ0n) is 21.6. The molecule has 190 valence electrons. The molecule has 0 unspecified atom stereocenters. The second-order valence-corrected chi connectivity index (χ2v) is 8.64. The smallest absolute Gasteiger partial charge is 0.253 e. The minimum atomic E-state index is -0.217. The number of nitrogens with one attached hydrogen (secondary N) is 2. The van der Waals surface area contributed by atoms with Crippen LogP contribution in [0.4, 0.5) is 11.4 Å². The Labute approximate surface area is 209 Å². The first-order chi connectivity index (χ1) is 16.9. The van der Waals surface area contributed by atoms with Crippen molar-refractivity contribution in [3.05, 3.63) is 59.7 Å². The third kappa shape index (κ3) is 8.74. The lowest BCUT2D eigenvalue weighted by atomic mass is 10.1. The van der Waals surface area contributed by atoms with Gasteiger partial charge in [0, 0.05) is 48.7 Å². The molecule has 0 spiro atoms. The monoisotopic (exact) mass is 480 g/mol. The van der Waals surface area contributed by atoms with Crippen molar-refractivity contribution in [2.75, 3.05) is 43.4 Å². The lowest BCUT2D eigenvalue weighted by Crippen LogP contribution is -2.32. The third-order valence-electron chi connectivity index (χ3n) is 5.53. The molecule has 2 aromatic carbocycles. The SMILES string of the molecule is CCCN(CCC)C(=O)c1ccc(NCC(=O)Nc2cccc(C(=O)N(CCC)CCC)c2)cc1. The highest BCUT2D eigenvalue weighted by molar-refractivity contribution is 5.98. The van der Waals surface area contributed by atoms with Gasteiger partial charge in [0.15, 0.2) is 0 Å². The molecule has 35 heavy (non-hydrogen) atoms. The Morgan fingerprint density at radius 2 is 1.17 bits per heavy atom. The zero-order chi connectivity index (χ0) is 25.6. The Balaban J connectivity index is 1.94. The molecule has 0 heterocycles. The summed E-state index contributed by atoms with van der Waals surface area (Å²) in [7, 11) is 0. The molecule has 0 saturated carbocycles. The number of carbonyl (C=O) groups excluding carboxylic acids is 3. The van der Waals surface area contributed by atoms with E-state index in [9.17, 15) is 14.4 Å². The quantitative estimate of drug-likeness (QED) is 0.386. The summed E-state index contributed by atoms with van der Waals surface area (Å²) >= 11 is 0. The second-order valence-electron chi connectivity index (χ2n) is 8.64. The van der Waals surface area contributed by atoms with Crippen LogP contribution >= 0.6 is 0 Å².